The molecule has 106 valence electrons. The van der Waals surface area contributed by atoms with E-state index in [-0.39, 0.29) is 9.90 Å². The Labute approximate surface area is 125 Å². The number of hydrogen-bond acceptors (Lipinski definition) is 3. The van der Waals surface area contributed by atoms with E-state index in [2.05, 4.69) is 4.98 Å². The van der Waals surface area contributed by atoms with E-state index < -0.39 is 11.8 Å². The highest BCUT2D eigenvalue weighted by molar-refractivity contribution is 7.17. The van der Waals surface area contributed by atoms with Crippen LogP contribution in [-0.2, 0) is 6.42 Å². The fourth-order valence-corrected chi connectivity index (χ4v) is 2.84. The summed E-state index contributed by atoms with van der Waals surface area (Å²) in [6.07, 6.45) is 0.578. The molecule has 2 rings (SSSR count). The Morgan fingerprint density at radius 3 is 2.75 bits per heavy atom. The van der Waals surface area contributed by atoms with Gasteiger partial charge in [0.15, 0.2) is 0 Å². The second kappa shape index (κ2) is 5.89. The molecule has 2 aromatic rings. The van der Waals surface area contributed by atoms with Crippen molar-refractivity contribution in [3.8, 4) is 10.6 Å². The molecule has 1 aromatic heterocycles. The maximum Gasteiger partial charge on any atom is 0.347 e. The summed E-state index contributed by atoms with van der Waals surface area (Å²) in [4.78, 5) is 15.8. The van der Waals surface area contributed by atoms with Crippen molar-refractivity contribution in [2.24, 2.45) is 5.92 Å². The van der Waals surface area contributed by atoms with Gasteiger partial charge in [-0.05, 0) is 24.5 Å². The quantitative estimate of drug-likeness (QED) is 0.904. The molecule has 0 unspecified atom stereocenters. The van der Waals surface area contributed by atoms with Gasteiger partial charge in [-0.3, -0.25) is 0 Å². The Hall–Kier alpha value is -1.46. The highest BCUT2D eigenvalue weighted by Gasteiger charge is 2.19. The first-order valence-electron chi connectivity index (χ1n) is 6.07. The zero-order valence-electron chi connectivity index (χ0n) is 11.0. The number of thiazole rings is 1. The van der Waals surface area contributed by atoms with Gasteiger partial charge < -0.3 is 5.11 Å². The second-order valence-corrected chi connectivity index (χ2v) is 6.23. The topological polar surface area (TPSA) is 50.2 Å². The predicted molar refractivity (Wildman–Crippen MR) is 78.0 cm³/mol. The Bertz CT molecular complexity index is 655. The number of halogens is 2. The molecular weight excluding hydrogens is 301 g/mol. The molecule has 0 aliphatic heterocycles. The monoisotopic (exact) mass is 313 g/mol. The van der Waals surface area contributed by atoms with Crippen LogP contribution >= 0.6 is 22.9 Å². The lowest BCUT2D eigenvalue weighted by molar-refractivity contribution is 0.0700. The predicted octanol–water partition coefficient (Wildman–Crippen LogP) is 4.50. The van der Waals surface area contributed by atoms with Crippen LogP contribution in [0, 0.1) is 11.7 Å². The van der Waals surface area contributed by atoms with Crippen molar-refractivity contribution in [1.82, 2.24) is 4.98 Å². The first-order chi connectivity index (χ1) is 9.38. The summed E-state index contributed by atoms with van der Waals surface area (Å²) in [7, 11) is 0. The van der Waals surface area contributed by atoms with E-state index in [1.807, 2.05) is 13.8 Å². The van der Waals surface area contributed by atoms with E-state index in [1.54, 1.807) is 6.07 Å². The van der Waals surface area contributed by atoms with Crippen LogP contribution in [0.2, 0.25) is 5.02 Å². The molecule has 0 aliphatic rings. The Morgan fingerprint density at radius 1 is 1.50 bits per heavy atom. The number of aromatic carboxylic acids is 1. The molecular formula is C14H13ClFNO2S. The largest absolute Gasteiger partial charge is 0.477 e. The number of carboxylic acids is 1. The van der Waals surface area contributed by atoms with Crippen LogP contribution in [0.1, 0.15) is 29.2 Å². The van der Waals surface area contributed by atoms with Crippen LogP contribution in [0.4, 0.5) is 4.39 Å². The number of carboxylic acid groups (broad SMARTS) is 1. The first-order valence-corrected chi connectivity index (χ1v) is 7.26. The summed E-state index contributed by atoms with van der Waals surface area (Å²) in [6, 6.07) is 4.34. The third-order valence-corrected chi connectivity index (χ3v) is 4.10. The Morgan fingerprint density at radius 2 is 2.20 bits per heavy atom. The summed E-state index contributed by atoms with van der Waals surface area (Å²) in [6.45, 7) is 3.99. The molecule has 0 atom stereocenters. The zero-order valence-corrected chi connectivity index (χ0v) is 12.6. The van der Waals surface area contributed by atoms with Gasteiger partial charge in [-0.1, -0.05) is 31.5 Å². The van der Waals surface area contributed by atoms with Crippen LogP contribution in [-0.4, -0.2) is 16.1 Å². The molecule has 20 heavy (non-hydrogen) atoms. The Balaban J connectivity index is 2.46. The number of hydrogen-bond donors (Lipinski definition) is 1. The molecule has 1 aromatic carbocycles. The molecule has 1 N–H and O–H groups in total. The number of benzene rings is 1. The van der Waals surface area contributed by atoms with E-state index in [0.29, 0.717) is 28.6 Å². The van der Waals surface area contributed by atoms with Gasteiger partial charge in [-0.25, -0.2) is 14.2 Å². The standard InChI is InChI=1S/C14H13ClFNO2S/c1-7(2)5-11-12(14(18)19)20-13(17-11)8-3-4-9(15)10(16)6-8/h3-4,6-7H,5H2,1-2H3,(H,18,19). The van der Waals surface area contributed by atoms with Crippen molar-refractivity contribution in [1.29, 1.82) is 0 Å². The summed E-state index contributed by atoms with van der Waals surface area (Å²) in [5.74, 6) is -1.24. The van der Waals surface area contributed by atoms with E-state index in [9.17, 15) is 14.3 Å². The maximum absolute atomic E-state index is 13.5. The van der Waals surface area contributed by atoms with E-state index in [4.69, 9.17) is 11.6 Å². The van der Waals surface area contributed by atoms with E-state index in [1.165, 1.54) is 12.1 Å². The van der Waals surface area contributed by atoms with Crippen molar-refractivity contribution >= 4 is 28.9 Å². The smallest absolute Gasteiger partial charge is 0.347 e. The molecule has 0 saturated heterocycles. The van der Waals surface area contributed by atoms with Crippen molar-refractivity contribution in [2.45, 2.75) is 20.3 Å². The minimum absolute atomic E-state index is 0.0335. The fourth-order valence-electron chi connectivity index (χ4n) is 1.80. The highest BCUT2D eigenvalue weighted by atomic mass is 35.5. The molecule has 0 fully saturated rings. The average Bonchev–Trinajstić information content (AvgIpc) is 2.76. The lowest BCUT2D eigenvalue weighted by Crippen LogP contribution is -2.02. The third kappa shape index (κ3) is 3.16. The second-order valence-electron chi connectivity index (χ2n) is 4.83. The molecule has 0 radical (unpaired) electrons. The summed E-state index contributed by atoms with van der Waals surface area (Å²) >= 11 is 6.69. The van der Waals surface area contributed by atoms with Gasteiger partial charge in [0.1, 0.15) is 15.7 Å². The zero-order chi connectivity index (χ0) is 14.9. The molecule has 1 heterocycles. The lowest BCUT2D eigenvalue weighted by Gasteiger charge is -2.01. The summed E-state index contributed by atoms with van der Waals surface area (Å²) in [5, 5.41) is 9.74. The molecule has 0 bridgehead atoms. The summed E-state index contributed by atoms with van der Waals surface area (Å²) in [5.41, 5.74) is 1.08. The van der Waals surface area contributed by atoms with E-state index >= 15 is 0 Å². The van der Waals surface area contributed by atoms with Gasteiger partial charge in [0.05, 0.1) is 10.7 Å². The van der Waals surface area contributed by atoms with Crippen molar-refractivity contribution in [2.75, 3.05) is 0 Å². The Kier molecular flexibility index (Phi) is 4.40. The van der Waals surface area contributed by atoms with Crippen molar-refractivity contribution < 1.29 is 14.3 Å². The van der Waals surface area contributed by atoms with E-state index in [0.717, 1.165) is 11.3 Å². The van der Waals surface area contributed by atoms with Gasteiger partial charge >= 0.3 is 5.97 Å². The minimum Gasteiger partial charge on any atom is -0.477 e. The SMILES string of the molecule is CC(C)Cc1nc(-c2ccc(Cl)c(F)c2)sc1C(=O)O. The molecule has 0 spiro atoms. The minimum atomic E-state index is -1.00. The van der Waals surface area contributed by atoms with Crippen LogP contribution in [0.15, 0.2) is 18.2 Å². The number of nitrogens with zero attached hydrogens (tertiary/aromatic N) is 1. The van der Waals surface area contributed by atoms with Crippen LogP contribution in [0.3, 0.4) is 0 Å². The fraction of sp³-hybridized carbons (Fsp3) is 0.286. The van der Waals surface area contributed by atoms with Crippen molar-refractivity contribution in [3.05, 3.63) is 39.6 Å². The molecule has 0 saturated carbocycles. The van der Waals surface area contributed by atoms with Gasteiger partial charge in [0.25, 0.3) is 0 Å². The van der Waals surface area contributed by atoms with Crippen LogP contribution < -0.4 is 0 Å². The third-order valence-electron chi connectivity index (χ3n) is 2.66. The maximum atomic E-state index is 13.5. The molecule has 6 heteroatoms. The molecule has 0 aliphatic carbocycles. The summed E-state index contributed by atoms with van der Waals surface area (Å²) < 4.78 is 13.5. The lowest BCUT2D eigenvalue weighted by atomic mass is 10.1. The van der Waals surface area contributed by atoms with Gasteiger partial charge in [0, 0.05) is 5.56 Å². The molecule has 3 nitrogen and oxygen atoms in total. The average molecular weight is 314 g/mol. The number of aromatic nitrogens is 1. The first kappa shape index (κ1) is 14.9. The normalized spacial score (nSPS) is 11.1. The van der Waals surface area contributed by atoms with Crippen LogP contribution in [0.25, 0.3) is 10.6 Å². The van der Waals surface area contributed by atoms with Gasteiger partial charge in [0.2, 0.25) is 0 Å². The highest BCUT2D eigenvalue weighted by Crippen LogP contribution is 2.31. The van der Waals surface area contributed by atoms with Gasteiger partial charge in [-0.15, -0.1) is 11.3 Å². The number of rotatable bonds is 4. The van der Waals surface area contributed by atoms with Crippen LogP contribution in [0.5, 0.6) is 0 Å². The number of carbonyl (C=O) groups is 1. The van der Waals surface area contributed by atoms with Crippen molar-refractivity contribution in [3.63, 3.8) is 0 Å². The van der Waals surface area contributed by atoms with Gasteiger partial charge in [-0.2, -0.15) is 0 Å². The molecule has 0 amide bonds.